The number of nitrogens with zero attached hydrogens (tertiary/aromatic N) is 1. The molecule has 1 aliphatic rings. The van der Waals surface area contributed by atoms with Crippen molar-refractivity contribution in [2.24, 2.45) is 0 Å². The van der Waals surface area contributed by atoms with Gasteiger partial charge in [0.15, 0.2) is 0 Å². The molecule has 1 N–H and O–H groups in total. The smallest absolute Gasteiger partial charge is 0.408 e. The van der Waals surface area contributed by atoms with Crippen molar-refractivity contribution in [2.75, 3.05) is 25.2 Å². The number of alkyl carbamates (subject to hydrolysis) is 1. The van der Waals surface area contributed by atoms with Crippen molar-refractivity contribution in [1.82, 2.24) is 5.32 Å². The van der Waals surface area contributed by atoms with E-state index in [2.05, 4.69) is 5.32 Å². The van der Waals surface area contributed by atoms with Crippen LogP contribution in [0.25, 0.3) is 0 Å². The summed E-state index contributed by atoms with van der Waals surface area (Å²) in [6, 6.07) is 3.78. The van der Waals surface area contributed by atoms with Gasteiger partial charge in [0.05, 0.1) is 17.9 Å². The van der Waals surface area contributed by atoms with Crippen molar-refractivity contribution in [3.05, 3.63) is 23.8 Å². The minimum Gasteiger partial charge on any atom is -0.489 e. The maximum absolute atomic E-state index is 12.6. The molecule has 1 atom stereocenters. The lowest BCUT2D eigenvalue weighted by Gasteiger charge is -2.23. The molecule has 8 heteroatoms. The van der Waals surface area contributed by atoms with Gasteiger partial charge in [-0.05, 0) is 45.9 Å². The molecule has 0 unspecified atom stereocenters. The monoisotopic (exact) mass is 364 g/mol. The standard InChI is InChI=1S/C18H24N2O6/c1-6-24-16(22)11-7-8-13-14(9-11)25-10-12(15(21)20(13)5)19-17(23)26-18(2,3)4/h7-9,12H,6,10H2,1-5H3,(H,19,23)/t12-/m0/s1. The number of rotatable bonds is 3. The Balaban J connectivity index is 2.18. The molecule has 0 radical (unpaired) electrons. The first-order valence-corrected chi connectivity index (χ1v) is 8.33. The fraction of sp³-hybridized carbons (Fsp3) is 0.500. The molecule has 8 nitrogen and oxygen atoms in total. The van der Waals surface area contributed by atoms with Gasteiger partial charge in [-0.1, -0.05) is 0 Å². The van der Waals surface area contributed by atoms with Gasteiger partial charge >= 0.3 is 12.1 Å². The number of carbonyl (C=O) groups excluding carboxylic acids is 3. The molecule has 142 valence electrons. The van der Waals surface area contributed by atoms with Crippen LogP contribution in [0.3, 0.4) is 0 Å². The zero-order valence-corrected chi connectivity index (χ0v) is 15.6. The van der Waals surface area contributed by atoms with Crippen LogP contribution in [0, 0.1) is 0 Å². The fourth-order valence-electron chi connectivity index (χ4n) is 2.40. The number of likely N-dealkylation sites (N-methyl/N-ethyl adjacent to an activating group) is 1. The molecule has 0 saturated carbocycles. The second-order valence-corrected chi connectivity index (χ2v) is 6.81. The summed E-state index contributed by atoms with van der Waals surface area (Å²) in [5.74, 6) is -0.459. The summed E-state index contributed by atoms with van der Waals surface area (Å²) >= 11 is 0. The molecule has 1 aromatic carbocycles. The average molecular weight is 364 g/mol. The van der Waals surface area contributed by atoms with Crippen molar-refractivity contribution < 1.29 is 28.6 Å². The van der Waals surface area contributed by atoms with Gasteiger partial charge in [-0.2, -0.15) is 0 Å². The summed E-state index contributed by atoms with van der Waals surface area (Å²) in [7, 11) is 1.57. The third-order valence-corrected chi connectivity index (χ3v) is 3.56. The number of amides is 2. The molecular formula is C18H24N2O6. The van der Waals surface area contributed by atoms with Crippen LogP contribution in [-0.2, 0) is 14.3 Å². The maximum Gasteiger partial charge on any atom is 0.408 e. The predicted octanol–water partition coefficient (Wildman–Crippen LogP) is 2.11. The third-order valence-electron chi connectivity index (χ3n) is 3.56. The normalized spacial score (nSPS) is 16.9. The first-order chi connectivity index (χ1) is 12.1. The molecular weight excluding hydrogens is 340 g/mol. The number of nitrogens with one attached hydrogen (secondary N) is 1. The molecule has 26 heavy (non-hydrogen) atoms. The molecule has 1 aliphatic heterocycles. The van der Waals surface area contributed by atoms with Crippen LogP contribution in [0.4, 0.5) is 10.5 Å². The molecule has 0 spiro atoms. The summed E-state index contributed by atoms with van der Waals surface area (Å²) < 4.78 is 15.8. The molecule has 1 aromatic rings. The Morgan fingerprint density at radius 3 is 2.65 bits per heavy atom. The summed E-state index contributed by atoms with van der Waals surface area (Å²) in [6.07, 6.45) is -0.703. The van der Waals surface area contributed by atoms with Gasteiger partial charge in [0, 0.05) is 7.05 Å². The highest BCUT2D eigenvalue weighted by Gasteiger charge is 2.32. The SMILES string of the molecule is CCOC(=O)c1ccc2c(c1)OC[C@H](NC(=O)OC(C)(C)C)C(=O)N2C. The van der Waals surface area contributed by atoms with Gasteiger partial charge in [0.25, 0.3) is 5.91 Å². The van der Waals surface area contributed by atoms with Crippen LogP contribution in [0.2, 0.25) is 0 Å². The first kappa shape index (κ1) is 19.6. The third kappa shape index (κ3) is 4.65. The fourth-order valence-corrected chi connectivity index (χ4v) is 2.40. The lowest BCUT2D eigenvalue weighted by molar-refractivity contribution is -0.120. The number of hydrogen-bond acceptors (Lipinski definition) is 6. The highest BCUT2D eigenvalue weighted by molar-refractivity contribution is 6.01. The van der Waals surface area contributed by atoms with E-state index in [4.69, 9.17) is 14.2 Å². The Morgan fingerprint density at radius 2 is 2.04 bits per heavy atom. The maximum atomic E-state index is 12.6. The van der Waals surface area contributed by atoms with E-state index in [0.29, 0.717) is 17.0 Å². The molecule has 2 rings (SSSR count). The summed E-state index contributed by atoms with van der Waals surface area (Å²) in [4.78, 5) is 37.8. The van der Waals surface area contributed by atoms with E-state index in [1.54, 1.807) is 46.9 Å². The van der Waals surface area contributed by atoms with Gasteiger partial charge in [0.1, 0.15) is 24.0 Å². The van der Waals surface area contributed by atoms with Crippen LogP contribution in [0.5, 0.6) is 5.75 Å². The number of hydrogen-bond donors (Lipinski definition) is 1. The zero-order valence-electron chi connectivity index (χ0n) is 15.6. The Kier molecular flexibility index (Phi) is 5.74. The van der Waals surface area contributed by atoms with Crippen molar-refractivity contribution in [1.29, 1.82) is 0 Å². The van der Waals surface area contributed by atoms with Crippen molar-refractivity contribution in [2.45, 2.75) is 39.3 Å². The number of benzene rings is 1. The van der Waals surface area contributed by atoms with Crippen LogP contribution in [0.1, 0.15) is 38.1 Å². The molecule has 0 saturated heterocycles. The second kappa shape index (κ2) is 7.63. The minimum atomic E-state index is -0.909. The van der Waals surface area contributed by atoms with Crippen LogP contribution < -0.4 is 15.0 Å². The highest BCUT2D eigenvalue weighted by Crippen LogP contribution is 2.32. The Hall–Kier alpha value is -2.77. The number of fused-ring (bicyclic) bond motifs is 1. The van der Waals surface area contributed by atoms with E-state index in [1.165, 1.54) is 11.0 Å². The van der Waals surface area contributed by atoms with Gasteiger partial charge in [-0.25, -0.2) is 9.59 Å². The van der Waals surface area contributed by atoms with E-state index in [9.17, 15) is 14.4 Å². The molecule has 0 bridgehead atoms. The van der Waals surface area contributed by atoms with Crippen molar-refractivity contribution >= 4 is 23.7 Å². The first-order valence-electron chi connectivity index (χ1n) is 8.33. The minimum absolute atomic E-state index is 0.0817. The largest absolute Gasteiger partial charge is 0.489 e. The van der Waals surface area contributed by atoms with Gasteiger partial charge in [0.2, 0.25) is 0 Å². The molecule has 2 amide bonds. The lowest BCUT2D eigenvalue weighted by Crippen LogP contribution is -2.50. The average Bonchev–Trinajstić information content (AvgIpc) is 2.65. The number of esters is 1. The quantitative estimate of drug-likeness (QED) is 0.826. The Bertz CT molecular complexity index is 710. The van der Waals surface area contributed by atoms with E-state index in [1.807, 2.05) is 0 Å². The van der Waals surface area contributed by atoms with Crippen LogP contribution >= 0.6 is 0 Å². The molecule has 0 fully saturated rings. The van der Waals surface area contributed by atoms with E-state index in [0.717, 1.165) is 0 Å². The summed E-state index contributed by atoms with van der Waals surface area (Å²) in [5, 5.41) is 2.52. The molecule has 0 aliphatic carbocycles. The van der Waals surface area contributed by atoms with Gasteiger partial charge in [-0.3, -0.25) is 4.79 Å². The second-order valence-electron chi connectivity index (χ2n) is 6.81. The van der Waals surface area contributed by atoms with E-state index in [-0.39, 0.29) is 19.1 Å². The molecule has 1 heterocycles. The topological polar surface area (TPSA) is 94.2 Å². The summed E-state index contributed by atoms with van der Waals surface area (Å²) in [5.41, 5.74) is 0.142. The van der Waals surface area contributed by atoms with Crippen molar-refractivity contribution in [3.63, 3.8) is 0 Å². The van der Waals surface area contributed by atoms with Crippen LogP contribution in [-0.4, -0.2) is 49.9 Å². The number of ether oxygens (including phenoxy) is 3. The van der Waals surface area contributed by atoms with E-state index >= 15 is 0 Å². The zero-order chi connectivity index (χ0) is 19.5. The Morgan fingerprint density at radius 1 is 1.35 bits per heavy atom. The number of carbonyl (C=O) groups is 3. The van der Waals surface area contributed by atoms with Crippen molar-refractivity contribution in [3.8, 4) is 5.75 Å². The number of anilines is 1. The highest BCUT2D eigenvalue weighted by atomic mass is 16.6. The summed E-state index contributed by atoms with van der Waals surface area (Å²) in [6.45, 7) is 7.10. The van der Waals surface area contributed by atoms with E-state index < -0.39 is 23.7 Å². The van der Waals surface area contributed by atoms with Gasteiger partial charge in [-0.15, -0.1) is 0 Å². The Labute approximate surface area is 152 Å². The van der Waals surface area contributed by atoms with Crippen LogP contribution in [0.15, 0.2) is 18.2 Å². The van der Waals surface area contributed by atoms with Gasteiger partial charge < -0.3 is 24.4 Å². The predicted molar refractivity (Wildman–Crippen MR) is 94.5 cm³/mol. The molecule has 0 aromatic heterocycles. The lowest BCUT2D eigenvalue weighted by atomic mass is 10.1.